The number of carbonyl (C=O) groups is 1. The highest BCUT2D eigenvalue weighted by Gasteiger charge is 2.32. The van der Waals surface area contributed by atoms with E-state index in [0.717, 1.165) is 35.9 Å². The van der Waals surface area contributed by atoms with Crippen molar-refractivity contribution in [2.75, 3.05) is 33.0 Å². The van der Waals surface area contributed by atoms with Gasteiger partial charge >= 0.3 is 6.18 Å². The molecule has 2 aliphatic rings. The monoisotopic (exact) mass is 480 g/mol. The number of carbonyl (C=O) groups excluding carboxylic acids is 1. The third kappa shape index (κ3) is 4.58. The summed E-state index contributed by atoms with van der Waals surface area (Å²) in [6.45, 7) is 3.54. The number of amides is 1. The van der Waals surface area contributed by atoms with Crippen molar-refractivity contribution in [2.24, 2.45) is 0 Å². The molecule has 1 fully saturated rings. The first-order chi connectivity index (χ1) is 15.8. The van der Waals surface area contributed by atoms with E-state index in [1.165, 1.54) is 10.6 Å². The van der Waals surface area contributed by atoms with Crippen molar-refractivity contribution in [3.8, 4) is 11.5 Å². The van der Waals surface area contributed by atoms with Crippen LogP contribution in [0.15, 0.2) is 36.7 Å². The summed E-state index contributed by atoms with van der Waals surface area (Å²) in [5, 5.41) is -0.111. The number of fused-ring (bicyclic) bond motifs is 2. The van der Waals surface area contributed by atoms with Crippen LogP contribution in [0.2, 0.25) is 5.02 Å². The van der Waals surface area contributed by atoms with Gasteiger partial charge in [0.2, 0.25) is 12.7 Å². The molecular formula is C22H20ClF3N4O3. The first kappa shape index (κ1) is 21.8. The number of piperazine rings is 1. The lowest BCUT2D eigenvalue weighted by atomic mass is 10.1. The van der Waals surface area contributed by atoms with E-state index >= 15 is 0 Å². The van der Waals surface area contributed by atoms with Gasteiger partial charge in [0.25, 0.3) is 0 Å². The number of hydrogen-bond donors (Lipinski definition) is 0. The van der Waals surface area contributed by atoms with Crippen molar-refractivity contribution in [2.45, 2.75) is 19.1 Å². The van der Waals surface area contributed by atoms with Gasteiger partial charge in [0.15, 0.2) is 17.1 Å². The molecule has 1 aromatic carbocycles. The molecule has 2 aliphatic heterocycles. The van der Waals surface area contributed by atoms with Gasteiger partial charge in [-0.2, -0.15) is 13.2 Å². The molecule has 2 aromatic heterocycles. The lowest BCUT2D eigenvalue weighted by molar-refractivity contribution is -0.138. The van der Waals surface area contributed by atoms with E-state index < -0.39 is 11.7 Å². The number of rotatable bonds is 4. The summed E-state index contributed by atoms with van der Waals surface area (Å²) >= 11 is 5.98. The van der Waals surface area contributed by atoms with Crippen LogP contribution in [0.4, 0.5) is 13.2 Å². The molecule has 5 rings (SSSR count). The molecule has 0 bridgehead atoms. The highest BCUT2D eigenvalue weighted by Crippen LogP contribution is 2.33. The number of alkyl halides is 3. The molecule has 174 valence electrons. The average Bonchev–Trinajstić information content (AvgIpc) is 3.40. The van der Waals surface area contributed by atoms with Crippen molar-refractivity contribution in [1.82, 2.24) is 19.2 Å². The molecule has 0 radical (unpaired) electrons. The molecule has 0 N–H and O–H groups in total. The number of benzene rings is 1. The standard InChI is InChI=1S/C22H20ClF3N4O3/c23-17-8-15(22(24,25)26)11-30-12-16(27-21(17)30)9-20(31)29-5-3-28(4-6-29)10-14-1-2-18-19(7-14)33-13-32-18/h1-2,7-8,11-12H,3-6,9-10,13H2. The van der Waals surface area contributed by atoms with Gasteiger partial charge in [0, 0.05) is 45.1 Å². The molecule has 0 saturated carbocycles. The maximum Gasteiger partial charge on any atom is 0.417 e. The molecule has 3 aromatic rings. The third-order valence-corrected chi connectivity index (χ3v) is 6.06. The number of ether oxygens (including phenoxy) is 2. The summed E-state index contributed by atoms with van der Waals surface area (Å²) in [5.41, 5.74) is 0.817. The maximum absolute atomic E-state index is 13.0. The van der Waals surface area contributed by atoms with Gasteiger partial charge in [0.05, 0.1) is 22.7 Å². The molecule has 1 amide bonds. The van der Waals surface area contributed by atoms with E-state index in [1.807, 2.05) is 18.2 Å². The van der Waals surface area contributed by atoms with Gasteiger partial charge in [-0.1, -0.05) is 17.7 Å². The Morgan fingerprint density at radius 2 is 1.82 bits per heavy atom. The predicted molar refractivity (Wildman–Crippen MR) is 113 cm³/mol. The van der Waals surface area contributed by atoms with Gasteiger partial charge in [-0.25, -0.2) is 4.98 Å². The molecule has 1 saturated heterocycles. The fourth-order valence-electron chi connectivity index (χ4n) is 4.07. The van der Waals surface area contributed by atoms with Crippen molar-refractivity contribution >= 4 is 23.2 Å². The molecular weight excluding hydrogens is 461 g/mol. The van der Waals surface area contributed by atoms with Crippen molar-refractivity contribution in [1.29, 1.82) is 0 Å². The van der Waals surface area contributed by atoms with E-state index in [9.17, 15) is 18.0 Å². The average molecular weight is 481 g/mol. The highest BCUT2D eigenvalue weighted by molar-refractivity contribution is 6.33. The minimum Gasteiger partial charge on any atom is -0.454 e. The molecule has 0 atom stereocenters. The normalized spacial score (nSPS) is 16.5. The Labute approximate surface area is 192 Å². The summed E-state index contributed by atoms with van der Waals surface area (Å²) in [4.78, 5) is 21.0. The fraction of sp³-hybridized carbons (Fsp3) is 0.364. The highest BCUT2D eigenvalue weighted by atomic mass is 35.5. The number of imidazole rings is 1. The maximum atomic E-state index is 13.0. The van der Waals surface area contributed by atoms with Crippen molar-refractivity contribution in [3.63, 3.8) is 0 Å². The molecule has 11 heteroatoms. The Morgan fingerprint density at radius 3 is 2.58 bits per heavy atom. The fourth-order valence-corrected chi connectivity index (χ4v) is 4.32. The smallest absolute Gasteiger partial charge is 0.417 e. The largest absolute Gasteiger partial charge is 0.454 e. The van der Waals surface area contributed by atoms with E-state index in [2.05, 4.69) is 9.88 Å². The number of halogens is 4. The quantitative estimate of drug-likeness (QED) is 0.571. The first-order valence-electron chi connectivity index (χ1n) is 10.4. The Hall–Kier alpha value is -2.98. The number of pyridine rings is 1. The summed E-state index contributed by atoms with van der Waals surface area (Å²) < 4.78 is 51.0. The summed E-state index contributed by atoms with van der Waals surface area (Å²) in [6.07, 6.45) is -2.17. The molecule has 0 spiro atoms. The van der Waals surface area contributed by atoms with Gasteiger partial charge in [-0.3, -0.25) is 9.69 Å². The summed E-state index contributed by atoms with van der Waals surface area (Å²) in [5.74, 6) is 1.38. The molecule has 4 heterocycles. The van der Waals surface area contributed by atoms with Gasteiger partial charge in [0.1, 0.15) is 0 Å². The molecule has 7 nitrogen and oxygen atoms in total. The van der Waals surface area contributed by atoms with Crippen LogP contribution in [0.1, 0.15) is 16.8 Å². The van der Waals surface area contributed by atoms with Gasteiger partial charge in [-0.15, -0.1) is 0 Å². The molecule has 0 unspecified atom stereocenters. The lowest BCUT2D eigenvalue weighted by Crippen LogP contribution is -2.48. The van der Waals surface area contributed by atoms with Crippen LogP contribution in [0.25, 0.3) is 5.65 Å². The topological polar surface area (TPSA) is 59.3 Å². The zero-order valence-electron chi connectivity index (χ0n) is 17.4. The number of aromatic nitrogens is 2. The van der Waals surface area contributed by atoms with Gasteiger partial charge in [-0.05, 0) is 23.8 Å². The Kier molecular flexibility index (Phi) is 5.57. The molecule has 33 heavy (non-hydrogen) atoms. The van der Waals surface area contributed by atoms with Crippen LogP contribution >= 0.6 is 11.6 Å². The van der Waals surface area contributed by atoms with Gasteiger partial charge < -0.3 is 18.8 Å². The third-order valence-electron chi connectivity index (χ3n) is 5.78. The summed E-state index contributed by atoms with van der Waals surface area (Å²) in [7, 11) is 0. The van der Waals surface area contributed by atoms with Crippen LogP contribution in [0.5, 0.6) is 11.5 Å². The zero-order valence-corrected chi connectivity index (χ0v) is 18.2. The second-order valence-electron chi connectivity index (χ2n) is 8.06. The first-order valence-corrected chi connectivity index (χ1v) is 10.8. The Morgan fingerprint density at radius 1 is 1.06 bits per heavy atom. The van der Waals surface area contributed by atoms with E-state index in [4.69, 9.17) is 21.1 Å². The predicted octanol–water partition coefficient (Wildman–Crippen LogP) is 3.62. The van der Waals surface area contributed by atoms with Crippen LogP contribution in [0.3, 0.4) is 0 Å². The van der Waals surface area contributed by atoms with Crippen LogP contribution in [0, 0.1) is 0 Å². The number of hydrogen-bond acceptors (Lipinski definition) is 5. The van der Waals surface area contributed by atoms with Crippen LogP contribution < -0.4 is 9.47 Å². The Balaban J connectivity index is 1.19. The van der Waals surface area contributed by atoms with E-state index in [0.29, 0.717) is 31.9 Å². The minimum absolute atomic E-state index is 0.00151. The minimum atomic E-state index is -4.52. The van der Waals surface area contributed by atoms with Crippen molar-refractivity contribution in [3.05, 3.63) is 58.5 Å². The second kappa shape index (κ2) is 8.42. The second-order valence-corrected chi connectivity index (χ2v) is 8.47. The SMILES string of the molecule is O=C(Cc1cn2cc(C(F)(F)F)cc(Cl)c2n1)N1CCN(Cc2ccc3c(c2)OCO3)CC1. The van der Waals surface area contributed by atoms with Crippen LogP contribution in [-0.2, 0) is 23.9 Å². The Bertz CT molecular complexity index is 1210. The number of nitrogens with zero attached hydrogens (tertiary/aromatic N) is 4. The molecule has 0 aliphatic carbocycles. The van der Waals surface area contributed by atoms with Crippen LogP contribution in [-0.4, -0.2) is 58.1 Å². The lowest BCUT2D eigenvalue weighted by Gasteiger charge is -2.34. The van der Waals surface area contributed by atoms with E-state index in [-0.39, 0.29) is 29.8 Å². The van der Waals surface area contributed by atoms with E-state index in [1.54, 1.807) is 4.90 Å². The summed E-state index contributed by atoms with van der Waals surface area (Å²) in [6, 6.07) is 6.72. The zero-order chi connectivity index (χ0) is 23.2. The van der Waals surface area contributed by atoms with Crippen molar-refractivity contribution < 1.29 is 27.4 Å².